The van der Waals surface area contributed by atoms with E-state index in [-0.39, 0.29) is 0 Å². The number of nitrogens with one attached hydrogen (secondary N) is 1. The highest BCUT2D eigenvalue weighted by molar-refractivity contribution is 8.00. The van der Waals surface area contributed by atoms with Crippen LogP contribution in [-0.2, 0) is 0 Å². The third-order valence-electron chi connectivity index (χ3n) is 2.42. The molecule has 1 saturated carbocycles. The third-order valence-corrected chi connectivity index (χ3v) is 3.78. The fourth-order valence-electron chi connectivity index (χ4n) is 1.56. The molecule has 4 heteroatoms. The molecule has 13 heavy (non-hydrogen) atoms. The van der Waals surface area contributed by atoms with Crippen molar-refractivity contribution in [1.82, 2.24) is 5.32 Å². The zero-order valence-corrected chi connectivity index (χ0v) is 8.81. The SMILES string of the molecule is CC1CC(NC(N)=NC2CC2)CS1. The molecule has 0 aromatic rings. The molecule has 0 aromatic carbocycles. The lowest BCUT2D eigenvalue weighted by Crippen LogP contribution is -2.40. The maximum absolute atomic E-state index is 5.77. The molecule has 2 unspecified atom stereocenters. The van der Waals surface area contributed by atoms with E-state index in [1.54, 1.807) is 0 Å². The summed E-state index contributed by atoms with van der Waals surface area (Å²) >= 11 is 2.01. The quantitative estimate of drug-likeness (QED) is 0.514. The Kier molecular flexibility index (Phi) is 2.67. The first-order valence-electron chi connectivity index (χ1n) is 4.95. The molecule has 2 atom stereocenters. The van der Waals surface area contributed by atoms with E-state index in [2.05, 4.69) is 17.2 Å². The lowest BCUT2D eigenvalue weighted by Gasteiger charge is -2.11. The van der Waals surface area contributed by atoms with E-state index >= 15 is 0 Å². The Labute approximate surface area is 83.6 Å². The minimum atomic E-state index is 0.527. The topological polar surface area (TPSA) is 50.4 Å². The van der Waals surface area contributed by atoms with Gasteiger partial charge in [-0.1, -0.05) is 6.92 Å². The lowest BCUT2D eigenvalue weighted by molar-refractivity contribution is 0.636. The van der Waals surface area contributed by atoms with Crippen LogP contribution in [0, 0.1) is 0 Å². The number of nitrogens with zero attached hydrogens (tertiary/aromatic N) is 1. The molecule has 1 aliphatic heterocycles. The van der Waals surface area contributed by atoms with Crippen molar-refractivity contribution in [2.45, 2.75) is 43.5 Å². The van der Waals surface area contributed by atoms with E-state index in [0.29, 0.717) is 18.0 Å². The summed E-state index contributed by atoms with van der Waals surface area (Å²) in [5.41, 5.74) is 5.77. The van der Waals surface area contributed by atoms with Crippen molar-refractivity contribution < 1.29 is 0 Å². The summed E-state index contributed by atoms with van der Waals surface area (Å²) in [5, 5.41) is 4.06. The number of nitrogens with two attached hydrogens (primary N) is 1. The predicted octanol–water partition coefficient (Wildman–Crippen LogP) is 0.947. The van der Waals surface area contributed by atoms with Crippen LogP contribution in [0.15, 0.2) is 4.99 Å². The molecule has 0 radical (unpaired) electrons. The predicted molar refractivity (Wildman–Crippen MR) is 58.1 cm³/mol. The normalized spacial score (nSPS) is 35.0. The van der Waals surface area contributed by atoms with Crippen molar-refractivity contribution >= 4 is 17.7 Å². The van der Waals surface area contributed by atoms with Gasteiger partial charge in [0, 0.05) is 17.0 Å². The molecule has 0 spiro atoms. The molecule has 74 valence electrons. The van der Waals surface area contributed by atoms with Gasteiger partial charge in [0.2, 0.25) is 0 Å². The summed E-state index contributed by atoms with van der Waals surface area (Å²) in [5.74, 6) is 1.82. The van der Waals surface area contributed by atoms with Gasteiger partial charge in [-0.3, -0.25) is 4.99 Å². The Bertz CT molecular complexity index is 213. The molecule has 2 fully saturated rings. The maximum Gasteiger partial charge on any atom is 0.189 e. The Morgan fingerprint density at radius 1 is 1.54 bits per heavy atom. The maximum atomic E-state index is 5.77. The summed E-state index contributed by atoms with van der Waals surface area (Å²) in [6, 6.07) is 1.07. The van der Waals surface area contributed by atoms with Crippen LogP contribution in [0.4, 0.5) is 0 Å². The Morgan fingerprint density at radius 2 is 2.31 bits per heavy atom. The summed E-state index contributed by atoms with van der Waals surface area (Å²) < 4.78 is 0. The average Bonchev–Trinajstić information content (AvgIpc) is 2.76. The first-order chi connectivity index (χ1) is 6.24. The number of hydrogen-bond acceptors (Lipinski definition) is 2. The van der Waals surface area contributed by atoms with Crippen molar-refractivity contribution in [2.75, 3.05) is 5.75 Å². The van der Waals surface area contributed by atoms with Crippen LogP contribution in [0.5, 0.6) is 0 Å². The fraction of sp³-hybridized carbons (Fsp3) is 0.889. The second kappa shape index (κ2) is 3.78. The molecule has 3 nitrogen and oxygen atoms in total. The van der Waals surface area contributed by atoms with Crippen LogP contribution < -0.4 is 11.1 Å². The molecule has 0 bridgehead atoms. The highest BCUT2D eigenvalue weighted by atomic mass is 32.2. The summed E-state index contributed by atoms with van der Waals surface area (Å²) in [6.07, 6.45) is 3.65. The van der Waals surface area contributed by atoms with Gasteiger partial charge >= 0.3 is 0 Å². The van der Waals surface area contributed by atoms with Crippen LogP contribution in [0.1, 0.15) is 26.2 Å². The number of aliphatic imine (C=N–C) groups is 1. The molecule has 3 N–H and O–H groups in total. The van der Waals surface area contributed by atoms with Gasteiger partial charge < -0.3 is 11.1 Å². The first-order valence-corrected chi connectivity index (χ1v) is 6.00. The lowest BCUT2D eigenvalue weighted by atomic mass is 10.2. The second-order valence-electron chi connectivity index (χ2n) is 3.97. The molecule has 1 aliphatic carbocycles. The zero-order chi connectivity index (χ0) is 9.26. The van der Waals surface area contributed by atoms with E-state index in [0.717, 1.165) is 5.25 Å². The number of guanidine groups is 1. The van der Waals surface area contributed by atoms with Gasteiger partial charge in [0.25, 0.3) is 0 Å². The fourth-order valence-corrected chi connectivity index (χ4v) is 2.71. The van der Waals surface area contributed by atoms with E-state index in [1.165, 1.54) is 25.0 Å². The summed E-state index contributed by atoms with van der Waals surface area (Å²) in [4.78, 5) is 4.35. The Hall–Kier alpha value is -0.380. The highest BCUT2D eigenvalue weighted by Crippen LogP contribution is 2.26. The van der Waals surface area contributed by atoms with Gasteiger partial charge in [-0.15, -0.1) is 0 Å². The van der Waals surface area contributed by atoms with Crippen molar-refractivity contribution in [3.05, 3.63) is 0 Å². The largest absolute Gasteiger partial charge is 0.370 e. The van der Waals surface area contributed by atoms with Crippen LogP contribution in [0.3, 0.4) is 0 Å². The molecular weight excluding hydrogens is 182 g/mol. The van der Waals surface area contributed by atoms with Gasteiger partial charge in [-0.2, -0.15) is 11.8 Å². The standard InChI is InChI=1S/C9H17N3S/c1-6-4-8(5-13-6)12-9(10)11-7-2-3-7/h6-8H,2-5H2,1H3,(H3,10,11,12). The van der Waals surface area contributed by atoms with E-state index in [1.807, 2.05) is 11.8 Å². The van der Waals surface area contributed by atoms with E-state index < -0.39 is 0 Å². The zero-order valence-electron chi connectivity index (χ0n) is 7.99. The Morgan fingerprint density at radius 3 is 2.85 bits per heavy atom. The van der Waals surface area contributed by atoms with Gasteiger partial charge in [0.15, 0.2) is 5.96 Å². The van der Waals surface area contributed by atoms with Crippen molar-refractivity contribution in [3.8, 4) is 0 Å². The number of thioether (sulfide) groups is 1. The number of hydrogen-bond donors (Lipinski definition) is 2. The minimum Gasteiger partial charge on any atom is -0.370 e. The minimum absolute atomic E-state index is 0.527. The molecule has 2 aliphatic rings. The Balaban J connectivity index is 1.76. The molecular formula is C9H17N3S. The molecule has 0 aromatic heterocycles. The van der Waals surface area contributed by atoms with Gasteiger partial charge in [-0.05, 0) is 19.3 Å². The van der Waals surface area contributed by atoms with Crippen LogP contribution in [0.25, 0.3) is 0 Å². The van der Waals surface area contributed by atoms with Crippen molar-refractivity contribution in [1.29, 1.82) is 0 Å². The van der Waals surface area contributed by atoms with Crippen LogP contribution >= 0.6 is 11.8 Å². The molecule has 1 saturated heterocycles. The third kappa shape index (κ3) is 2.79. The van der Waals surface area contributed by atoms with Crippen molar-refractivity contribution in [2.24, 2.45) is 10.7 Å². The second-order valence-corrected chi connectivity index (χ2v) is 5.44. The average molecular weight is 199 g/mol. The van der Waals surface area contributed by atoms with Crippen LogP contribution in [-0.4, -0.2) is 29.0 Å². The first kappa shape index (κ1) is 9.19. The van der Waals surface area contributed by atoms with Crippen LogP contribution in [0.2, 0.25) is 0 Å². The summed E-state index contributed by atoms with van der Waals surface area (Å²) in [6.45, 7) is 2.26. The van der Waals surface area contributed by atoms with E-state index in [9.17, 15) is 0 Å². The molecule has 2 rings (SSSR count). The van der Waals surface area contributed by atoms with Crippen molar-refractivity contribution in [3.63, 3.8) is 0 Å². The molecule has 0 amide bonds. The highest BCUT2D eigenvalue weighted by Gasteiger charge is 2.24. The van der Waals surface area contributed by atoms with E-state index in [4.69, 9.17) is 5.73 Å². The summed E-state index contributed by atoms with van der Waals surface area (Å²) in [7, 11) is 0. The van der Waals surface area contributed by atoms with Gasteiger partial charge in [-0.25, -0.2) is 0 Å². The molecule has 1 heterocycles. The van der Waals surface area contributed by atoms with Gasteiger partial charge in [0.1, 0.15) is 0 Å². The number of rotatable bonds is 2. The monoisotopic (exact) mass is 199 g/mol. The smallest absolute Gasteiger partial charge is 0.189 e. The van der Waals surface area contributed by atoms with Gasteiger partial charge in [0.05, 0.1) is 6.04 Å².